The van der Waals surface area contributed by atoms with Gasteiger partial charge in [-0.15, -0.1) is 11.8 Å². The summed E-state index contributed by atoms with van der Waals surface area (Å²) in [6, 6.07) is 7.88. The number of hydrogen-bond donors (Lipinski definition) is 2. The van der Waals surface area contributed by atoms with Crippen molar-refractivity contribution in [1.82, 2.24) is 0 Å². The van der Waals surface area contributed by atoms with Gasteiger partial charge in [0.05, 0.1) is 6.10 Å². The zero-order valence-corrected chi connectivity index (χ0v) is 9.13. The van der Waals surface area contributed by atoms with Gasteiger partial charge in [0.15, 0.2) is 0 Å². The lowest BCUT2D eigenvalue weighted by atomic mass is 10.1. The lowest BCUT2D eigenvalue weighted by Crippen LogP contribution is -1.90. The molecule has 0 bridgehead atoms. The van der Waals surface area contributed by atoms with Crippen molar-refractivity contribution >= 4 is 11.8 Å². The average Bonchev–Trinajstić information content (AvgIpc) is 2.19. The Bertz CT molecular complexity index is 256. The van der Waals surface area contributed by atoms with E-state index in [9.17, 15) is 5.11 Å². The standard InChI is InChI=1S/C11H16O2S/c1-9(13)10-3-5-11(6-4-10)14-8-2-7-12/h3-6,9,12-13H,2,7-8H2,1H3/t9-/m0/s1. The highest BCUT2D eigenvalue weighted by molar-refractivity contribution is 7.99. The molecule has 0 spiro atoms. The summed E-state index contributed by atoms with van der Waals surface area (Å²) in [5, 5.41) is 17.9. The summed E-state index contributed by atoms with van der Waals surface area (Å²) in [6.45, 7) is 2.01. The molecule has 0 fully saturated rings. The van der Waals surface area contributed by atoms with Crippen LogP contribution in [0, 0.1) is 0 Å². The van der Waals surface area contributed by atoms with E-state index in [4.69, 9.17) is 5.11 Å². The third kappa shape index (κ3) is 3.70. The zero-order chi connectivity index (χ0) is 10.4. The molecule has 14 heavy (non-hydrogen) atoms. The van der Waals surface area contributed by atoms with Crippen LogP contribution in [0.5, 0.6) is 0 Å². The molecule has 0 heterocycles. The molecule has 1 aromatic rings. The monoisotopic (exact) mass is 212 g/mol. The highest BCUT2D eigenvalue weighted by atomic mass is 32.2. The molecule has 78 valence electrons. The van der Waals surface area contributed by atoms with E-state index < -0.39 is 6.10 Å². The van der Waals surface area contributed by atoms with Gasteiger partial charge < -0.3 is 10.2 Å². The minimum absolute atomic E-state index is 0.249. The molecule has 0 amide bonds. The molecule has 0 aliphatic carbocycles. The van der Waals surface area contributed by atoms with Crippen LogP contribution < -0.4 is 0 Å². The van der Waals surface area contributed by atoms with Gasteiger partial charge in [-0.25, -0.2) is 0 Å². The molecule has 0 saturated carbocycles. The Balaban J connectivity index is 2.47. The molecule has 0 unspecified atom stereocenters. The highest BCUT2D eigenvalue weighted by Crippen LogP contribution is 2.21. The van der Waals surface area contributed by atoms with Gasteiger partial charge in [0.1, 0.15) is 0 Å². The van der Waals surface area contributed by atoms with Crippen LogP contribution in [0.25, 0.3) is 0 Å². The van der Waals surface area contributed by atoms with Gasteiger partial charge >= 0.3 is 0 Å². The Morgan fingerprint density at radius 1 is 1.29 bits per heavy atom. The largest absolute Gasteiger partial charge is 0.396 e. The summed E-state index contributed by atoms with van der Waals surface area (Å²) in [4.78, 5) is 1.18. The number of hydrogen-bond acceptors (Lipinski definition) is 3. The van der Waals surface area contributed by atoms with E-state index in [1.807, 2.05) is 24.3 Å². The summed E-state index contributed by atoms with van der Waals surface area (Å²) >= 11 is 1.72. The Morgan fingerprint density at radius 3 is 2.43 bits per heavy atom. The molecule has 0 aliphatic rings. The van der Waals surface area contributed by atoms with Crippen molar-refractivity contribution < 1.29 is 10.2 Å². The van der Waals surface area contributed by atoms with Crippen LogP contribution in [-0.4, -0.2) is 22.6 Å². The van der Waals surface area contributed by atoms with Crippen molar-refractivity contribution in [3.63, 3.8) is 0 Å². The van der Waals surface area contributed by atoms with Crippen molar-refractivity contribution in [1.29, 1.82) is 0 Å². The van der Waals surface area contributed by atoms with Gasteiger partial charge in [0, 0.05) is 17.3 Å². The fraction of sp³-hybridized carbons (Fsp3) is 0.455. The summed E-state index contributed by atoms with van der Waals surface area (Å²) < 4.78 is 0. The lowest BCUT2D eigenvalue weighted by molar-refractivity contribution is 0.199. The van der Waals surface area contributed by atoms with E-state index in [2.05, 4.69) is 0 Å². The molecule has 1 rings (SSSR count). The third-order valence-corrected chi connectivity index (χ3v) is 3.03. The fourth-order valence-electron chi connectivity index (χ4n) is 1.10. The minimum Gasteiger partial charge on any atom is -0.396 e. The molecule has 0 radical (unpaired) electrons. The summed E-state index contributed by atoms with van der Waals surface area (Å²) in [5.74, 6) is 0.935. The molecule has 2 nitrogen and oxygen atoms in total. The van der Waals surface area contributed by atoms with Gasteiger partial charge in [-0.1, -0.05) is 12.1 Å². The predicted molar refractivity (Wildman–Crippen MR) is 59.5 cm³/mol. The SMILES string of the molecule is C[C@H](O)c1ccc(SCCCO)cc1. The van der Waals surface area contributed by atoms with Gasteiger partial charge in [0.2, 0.25) is 0 Å². The van der Waals surface area contributed by atoms with Crippen molar-refractivity contribution in [2.24, 2.45) is 0 Å². The molecule has 1 aromatic carbocycles. The molecule has 0 aliphatic heterocycles. The van der Waals surface area contributed by atoms with E-state index in [1.54, 1.807) is 18.7 Å². The summed E-state index contributed by atoms with van der Waals surface area (Å²) in [7, 11) is 0. The third-order valence-electron chi connectivity index (χ3n) is 1.93. The maximum absolute atomic E-state index is 9.29. The Morgan fingerprint density at radius 2 is 1.93 bits per heavy atom. The van der Waals surface area contributed by atoms with Crippen LogP contribution in [0.2, 0.25) is 0 Å². The number of aliphatic hydroxyl groups excluding tert-OH is 2. The van der Waals surface area contributed by atoms with Crippen LogP contribution in [0.1, 0.15) is 25.0 Å². The topological polar surface area (TPSA) is 40.5 Å². The van der Waals surface area contributed by atoms with Gasteiger partial charge in [-0.3, -0.25) is 0 Å². The summed E-state index contributed by atoms with van der Waals surface area (Å²) in [6.07, 6.45) is 0.425. The first kappa shape index (κ1) is 11.6. The first-order chi connectivity index (χ1) is 6.74. The summed E-state index contributed by atoms with van der Waals surface area (Å²) in [5.41, 5.74) is 0.941. The van der Waals surface area contributed by atoms with Crippen LogP contribution in [0.3, 0.4) is 0 Å². The van der Waals surface area contributed by atoms with Gasteiger partial charge in [0.25, 0.3) is 0 Å². The van der Waals surface area contributed by atoms with Crippen LogP contribution >= 0.6 is 11.8 Å². The van der Waals surface area contributed by atoms with E-state index >= 15 is 0 Å². The van der Waals surface area contributed by atoms with Crippen molar-refractivity contribution in [3.05, 3.63) is 29.8 Å². The quantitative estimate of drug-likeness (QED) is 0.581. The number of aliphatic hydroxyl groups is 2. The highest BCUT2D eigenvalue weighted by Gasteiger charge is 2.00. The Hall–Kier alpha value is -0.510. The molecule has 3 heteroatoms. The molecule has 2 N–H and O–H groups in total. The second-order valence-corrected chi connectivity index (χ2v) is 4.34. The number of benzene rings is 1. The zero-order valence-electron chi connectivity index (χ0n) is 8.31. The van der Waals surface area contributed by atoms with Crippen molar-refractivity contribution in [3.8, 4) is 0 Å². The second kappa shape index (κ2) is 6.06. The Kier molecular flexibility index (Phi) is 5.01. The normalized spacial score (nSPS) is 12.8. The first-order valence-electron chi connectivity index (χ1n) is 4.75. The van der Waals surface area contributed by atoms with E-state index in [-0.39, 0.29) is 6.61 Å². The number of thioether (sulfide) groups is 1. The van der Waals surface area contributed by atoms with E-state index in [0.717, 1.165) is 17.7 Å². The maximum Gasteiger partial charge on any atom is 0.0761 e. The molecule has 0 aromatic heterocycles. The average molecular weight is 212 g/mol. The maximum atomic E-state index is 9.29. The van der Waals surface area contributed by atoms with Crippen molar-refractivity contribution in [2.45, 2.75) is 24.3 Å². The lowest BCUT2D eigenvalue weighted by Gasteiger charge is -2.05. The second-order valence-electron chi connectivity index (χ2n) is 3.17. The van der Waals surface area contributed by atoms with Crippen molar-refractivity contribution in [2.75, 3.05) is 12.4 Å². The minimum atomic E-state index is -0.397. The predicted octanol–water partition coefficient (Wildman–Crippen LogP) is 2.21. The molecular weight excluding hydrogens is 196 g/mol. The fourth-order valence-corrected chi connectivity index (χ4v) is 1.93. The smallest absolute Gasteiger partial charge is 0.0761 e. The van der Waals surface area contributed by atoms with Crippen LogP contribution in [0.4, 0.5) is 0 Å². The van der Waals surface area contributed by atoms with Gasteiger partial charge in [-0.05, 0) is 31.0 Å². The molecule has 1 atom stereocenters. The first-order valence-corrected chi connectivity index (χ1v) is 5.74. The van der Waals surface area contributed by atoms with Crippen LogP contribution in [-0.2, 0) is 0 Å². The van der Waals surface area contributed by atoms with E-state index in [0.29, 0.717) is 0 Å². The van der Waals surface area contributed by atoms with E-state index in [1.165, 1.54) is 4.90 Å². The number of rotatable bonds is 5. The Labute approximate surface area is 89.0 Å². The molecule has 0 saturated heterocycles. The molecular formula is C11H16O2S. The van der Waals surface area contributed by atoms with Crippen LogP contribution in [0.15, 0.2) is 29.2 Å². The van der Waals surface area contributed by atoms with Gasteiger partial charge in [-0.2, -0.15) is 0 Å².